The van der Waals surface area contributed by atoms with Gasteiger partial charge in [0.2, 0.25) is 0 Å². The number of benzene rings is 1. The fraction of sp³-hybridized carbons (Fsp3) is 0.467. The van der Waals surface area contributed by atoms with E-state index in [0.29, 0.717) is 5.41 Å². The first kappa shape index (κ1) is 13.4. The van der Waals surface area contributed by atoms with Gasteiger partial charge in [-0.25, -0.2) is 0 Å². The molecule has 1 N–H and O–H groups in total. The predicted molar refractivity (Wildman–Crippen MR) is 85.4 cm³/mol. The fourth-order valence-corrected chi connectivity index (χ4v) is 4.33. The van der Waals surface area contributed by atoms with E-state index in [1.165, 1.54) is 15.9 Å². The van der Waals surface area contributed by atoms with Crippen molar-refractivity contribution in [1.82, 2.24) is 4.98 Å². The summed E-state index contributed by atoms with van der Waals surface area (Å²) >= 11 is 6.48. The molecule has 0 amide bonds. The number of aromatic nitrogens is 1. The lowest BCUT2D eigenvalue weighted by molar-refractivity contribution is 0.0371. The van der Waals surface area contributed by atoms with E-state index in [0.717, 1.165) is 37.6 Å². The van der Waals surface area contributed by atoms with E-state index in [1.54, 1.807) is 0 Å². The van der Waals surface area contributed by atoms with Gasteiger partial charge in [-0.05, 0) is 36.1 Å². The number of H-pyrrole nitrogens is 1. The highest BCUT2D eigenvalue weighted by Crippen LogP contribution is 2.37. The summed E-state index contributed by atoms with van der Waals surface area (Å²) in [5.74, 6) is 2.07. The zero-order valence-electron chi connectivity index (χ0n) is 10.9. The highest BCUT2D eigenvalue weighted by atomic mass is 32.2. The van der Waals surface area contributed by atoms with Gasteiger partial charge < -0.3 is 9.72 Å². The molecule has 0 aliphatic carbocycles. The van der Waals surface area contributed by atoms with Gasteiger partial charge in [-0.1, -0.05) is 18.2 Å². The number of thiol groups is 1. The van der Waals surface area contributed by atoms with Crippen LogP contribution in [-0.4, -0.2) is 29.7 Å². The second kappa shape index (κ2) is 5.81. The third-order valence-corrected chi connectivity index (χ3v) is 5.89. The molecule has 0 radical (unpaired) electrons. The van der Waals surface area contributed by atoms with Crippen LogP contribution in [0.1, 0.15) is 12.8 Å². The third kappa shape index (κ3) is 2.96. The maximum Gasteiger partial charge on any atom is 0.0732 e. The number of rotatable bonds is 4. The lowest BCUT2D eigenvalue weighted by Crippen LogP contribution is -2.33. The number of hydrogen-bond donors (Lipinski definition) is 2. The van der Waals surface area contributed by atoms with Gasteiger partial charge >= 0.3 is 0 Å². The van der Waals surface area contributed by atoms with Crippen LogP contribution in [0, 0.1) is 5.41 Å². The van der Waals surface area contributed by atoms with Crippen molar-refractivity contribution < 1.29 is 4.74 Å². The van der Waals surface area contributed by atoms with Crippen molar-refractivity contribution in [2.75, 3.05) is 24.7 Å². The first-order valence-corrected chi connectivity index (χ1v) is 8.32. The molecule has 2 aromatic rings. The quantitative estimate of drug-likeness (QED) is 0.658. The molecule has 0 saturated carbocycles. The molecule has 2 nitrogen and oxygen atoms in total. The molecule has 0 bridgehead atoms. The van der Waals surface area contributed by atoms with Crippen LogP contribution in [0.25, 0.3) is 10.9 Å². The van der Waals surface area contributed by atoms with Crippen molar-refractivity contribution in [1.29, 1.82) is 0 Å². The van der Waals surface area contributed by atoms with E-state index in [2.05, 4.69) is 47.9 Å². The molecule has 0 unspecified atom stereocenters. The van der Waals surface area contributed by atoms with Crippen LogP contribution < -0.4 is 0 Å². The average molecular weight is 293 g/mol. The topological polar surface area (TPSA) is 25.0 Å². The number of para-hydroxylation sites is 1. The Balaban J connectivity index is 1.70. The molecule has 2 heterocycles. The van der Waals surface area contributed by atoms with Crippen molar-refractivity contribution in [3.8, 4) is 0 Å². The number of fused-ring (bicyclic) bond motifs is 1. The van der Waals surface area contributed by atoms with Gasteiger partial charge in [0.1, 0.15) is 0 Å². The van der Waals surface area contributed by atoms with Crippen molar-refractivity contribution in [2.24, 2.45) is 5.41 Å². The number of hydrogen-bond acceptors (Lipinski definition) is 3. The first-order chi connectivity index (χ1) is 9.31. The van der Waals surface area contributed by atoms with E-state index >= 15 is 0 Å². The molecule has 19 heavy (non-hydrogen) atoms. The third-order valence-electron chi connectivity index (χ3n) is 3.93. The first-order valence-electron chi connectivity index (χ1n) is 6.71. The largest absolute Gasteiger partial charge is 0.381 e. The van der Waals surface area contributed by atoms with E-state index in [1.807, 2.05) is 11.8 Å². The molecular weight excluding hydrogens is 274 g/mol. The smallest absolute Gasteiger partial charge is 0.0732 e. The molecule has 1 aliphatic rings. The van der Waals surface area contributed by atoms with Gasteiger partial charge in [0, 0.05) is 29.9 Å². The molecule has 0 atom stereocenters. The summed E-state index contributed by atoms with van der Waals surface area (Å²) in [6.45, 7) is 1.77. The number of thioether (sulfide) groups is 1. The van der Waals surface area contributed by atoms with E-state index in [9.17, 15) is 0 Å². The molecule has 1 aromatic heterocycles. The SMILES string of the molecule is SCC1(CSc2cc3ccccc3[nH]2)CCOCC1. The highest BCUT2D eigenvalue weighted by molar-refractivity contribution is 7.99. The summed E-state index contributed by atoms with van der Waals surface area (Å²) in [6.07, 6.45) is 2.26. The lowest BCUT2D eigenvalue weighted by Gasteiger charge is -2.35. The summed E-state index contributed by atoms with van der Waals surface area (Å²) < 4.78 is 5.48. The van der Waals surface area contributed by atoms with Crippen LogP contribution in [0.3, 0.4) is 0 Å². The predicted octanol–water partition coefficient (Wildman–Crippen LogP) is 3.99. The summed E-state index contributed by atoms with van der Waals surface area (Å²) in [5.41, 5.74) is 1.56. The Morgan fingerprint density at radius 2 is 2.05 bits per heavy atom. The maximum atomic E-state index is 5.48. The molecule has 3 rings (SSSR count). The molecule has 1 saturated heterocycles. The Labute approximate surface area is 123 Å². The van der Waals surface area contributed by atoms with Gasteiger partial charge in [-0.2, -0.15) is 12.6 Å². The van der Waals surface area contributed by atoms with Gasteiger partial charge in [0.15, 0.2) is 0 Å². The second-order valence-electron chi connectivity index (χ2n) is 5.28. The Morgan fingerprint density at radius 3 is 2.79 bits per heavy atom. The van der Waals surface area contributed by atoms with Crippen LogP contribution in [0.2, 0.25) is 0 Å². The maximum absolute atomic E-state index is 5.48. The van der Waals surface area contributed by atoms with Crippen LogP contribution >= 0.6 is 24.4 Å². The zero-order valence-corrected chi connectivity index (χ0v) is 12.6. The Kier molecular flexibility index (Phi) is 4.10. The minimum Gasteiger partial charge on any atom is -0.381 e. The average Bonchev–Trinajstić information content (AvgIpc) is 2.89. The van der Waals surface area contributed by atoms with Crippen molar-refractivity contribution in [3.63, 3.8) is 0 Å². The van der Waals surface area contributed by atoms with Crippen LogP contribution in [0.4, 0.5) is 0 Å². The monoisotopic (exact) mass is 293 g/mol. The summed E-state index contributed by atoms with van der Waals surface area (Å²) in [4.78, 5) is 3.48. The molecule has 4 heteroatoms. The molecular formula is C15H19NOS2. The highest BCUT2D eigenvalue weighted by Gasteiger charge is 2.31. The van der Waals surface area contributed by atoms with Crippen molar-refractivity contribution in [2.45, 2.75) is 17.9 Å². The summed E-state index contributed by atoms with van der Waals surface area (Å²) in [6, 6.07) is 10.7. The fourth-order valence-electron chi connectivity index (χ4n) is 2.51. The minimum atomic E-state index is 0.337. The summed E-state index contributed by atoms with van der Waals surface area (Å²) in [7, 11) is 0. The molecule has 1 aromatic carbocycles. The molecule has 0 spiro atoms. The van der Waals surface area contributed by atoms with Crippen LogP contribution in [-0.2, 0) is 4.74 Å². The van der Waals surface area contributed by atoms with Crippen LogP contribution in [0.15, 0.2) is 35.4 Å². The second-order valence-corrected chi connectivity index (χ2v) is 6.61. The zero-order chi connectivity index (χ0) is 13.1. The van der Waals surface area contributed by atoms with Crippen LogP contribution in [0.5, 0.6) is 0 Å². The Hall–Kier alpha value is -0.580. The van der Waals surface area contributed by atoms with E-state index < -0.39 is 0 Å². The van der Waals surface area contributed by atoms with Gasteiger partial charge in [0.05, 0.1) is 5.03 Å². The normalized spacial score (nSPS) is 18.8. The lowest BCUT2D eigenvalue weighted by atomic mass is 9.84. The summed E-state index contributed by atoms with van der Waals surface area (Å²) in [5, 5.41) is 2.55. The molecule has 102 valence electrons. The number of aromatic amines is 1. The number of nitrogens with one attached hydrogen (secondary N) is 1. The molecule has 1 aliphatic heterocycles. The minimum absolute atomic E-state index is 0.337. The molecule has 1 fully saturated rings. The standard InChI is InChI=1S/C15H19NOS2/c18-10-15(5-7-17-8-6-15)11-19-14-9-12-3-1-2-4-13(12)16-14/h1-4,9,16,18H,5-8,10-11H2. The van der Waals surface area contributed by atoms with Crippen molar-refractivity contribution in [3.05, 3.63) is 30.3 Å². The van der Waals surface area contributed by atoms with Gasteiger partial charge in [-0.15, -0.1) is 11.8 Å². The van der Waals surface area contributed by atoms with E-state index in [-0.39, 0.29) is 0 Å². The van der Waals surface area contributed by atoms with Crippen molar-refractivity contribution >= 4 is 35.3 Å². The Bertz CT molecular complexity index is 513. The van der Waals surface area contributed by atoms with E-state index in [4.69, 9.17) is 4.74 Å². The Morgan fingerprint density at radius 1 is 1.26 bits per heavy atom. The number of ether oxygens (including phenoxy) is 1. The van der Waals surface area contributed by atoms with Gasteiger partial charge in [-0.3, -0.25) is 0 Å². The van der Waals surface area contributed by atoms with Gasteiger partial charge in [0.25, 0.3) is 0 Å².